The first-order chi connectivity index (χ1) is 7.33. The first-order valence-electron chi connectivity index (χ1n) is 5.83. The second kappa shape index (κ2) is 5.21. The van der Waals surface area contributed by atoms with E-state index in [9.17, 15) is 4.79 Å². The molecule has 0 spiro atoms. The van der Waals surface area contributed by atoms with Crippen molar-refractivity contribution in [3.8, 4) is 0 Å². The minimum atomic E-state index is 0.376. The largest absolute Gasteiger partial charge is 0.335 e. The van der Waals surface area contributed by atoms with E-state index in [-0.39, 0.29) is 0 Å². The van der Waals surface area contributed by atoms with Crippen LogP contribution in [0.15, 0.2) is 0 Å². The Kier molecular flexibility index (Phi) is 3.92. The molecule has 4 heteroatoms. The molecule has 2 aliphatic rings. The van der Waals surface area contributed by atoms with Gasteiger partial charge >= 0.3 is 0 Å². The number of hydrogen-bond donors (Lipinski definition) is 1. The van der Waals surface area contributed by atoms with Crippen molar-refractivity contribution in [2.75, 3.05) is 25.1 Å². The Morgan fingerprint density at radius 2 is 2.20 bits per heavy atom. The molecule has 3 nitrogen and oxygen atoms in total. The lowest BCUT2D eigenvalue weighted by atomic mass is 10.2. The summed E-state index contributed by atoms with van der Waals surface area (Å²) in [5.41, 5.74) is 0. The van der Waals surface area contributed by atoms with E-state index in [1.54, 1.807) is 11.8 Å². The van der Waals surface area contributed by atoms with E-state index >= 15 is 0 Å². The van der Waals surface area contributed by atoms with Gasteiger partial charge in [0.25, 0.3) is 0 Å². The fourth-order valence-corrected chi connectivity index (χ4v) is 2.63. The predicted molar refractivity (Wildman–Crippen MR) is 64.1 cm³/mol. The zero-order valence-electron chi connectivity index (χ0n) is 9.37. The van der Waals surface area contributed by atoms with Crippen molar-refractivity contribution in [3.05, 3.63) is 0 Å². The van der Waals surface area contributed by atoms with Gasteiger partial charge in [0.05, 0.1) is 0 Å². The van der Waals surface area contributed by atoms with Crippen molar-refractivity contribution in [1.82, 2.24) is 10.2 Å². The molecule has 1 atom stereocenters. The quantitative estimate of drug-likeness (QED) is 0.764. The van der Waals surface area contributed by atoms with Gasteiger partial charge in [-0.25, -0.2) is 0 Å². The van der Waals surface area contributed by atoms with E-state index in [0.717, 1.165) is 25.3 Å². The lowest BCUT2D eigenvalue weighted by molar-refractivity contribution is -0.133. The highest BCUT2D eigenvalue weighted by Crippen LogP contribution is 2.30. The number of carbonyl (C=O) groups is 1. The van der Waals surface area contributed by atoms with Crippen LogP contribution in [0, 0.1) is 0 Å². The van der Waals surface area contributed by atoms with Gasteiger partial charge in [-0.2, -0.15) is 11.8 Å². The molecule has 1 aliphatic heterocycles. The normalized spacial score (nSPS) is 25.5. The van der Waals surface area contributed by atoms with Crippen molar-refractivity contribution in [1.29, 1.82) is 0 Å². The maximum absolute atomic E-state index is 12.1. The SMILES string of the molecule is CSCCC(=O)N(C1CC1)C1CCNC1. The molecule has 0 aromatic carbocycles. The number of amides is 1. The van der Waals surface area contributed by atoms with Crippen LogP contribution in [-0.4, -0.2) is 48.0 Å². The van der Waals surface area contributed by atoms with Crippen molar-refractivity contribution >= 4 is 17.7 Å². The molecular formula is C11H20N2OS. The maximum atomic E-state index is 12.1. The molecule has 2 fully saturated rings. The smallest absolute Gasteiger partial charge is 0.223 e. The first kappa shape index (κ1) is 11.3. The number of nitrogens with one attached hydrogen (secondary N) is 1. The molecule has 0 bridgehead atoms. The summed E-state index contributed by atoms with van der Waals surface area (Å²) in [7, 11) is 0. The van der Waals surface area contributed by atoms with Gasteiger partial charge < -0.3 is 10.2 Å². The van der Waals surface area contributed by atoms with E-state index in [4.69, 9.17) is 0 Å². The predicted octanol–water partition coefficient (Wildman–Crippen LogP) is 1.09. The minimum absolute atomic E-state index is 0.376. The Balaban J connectivity index is 1.89. The number of thioether (sulfide) groups is 1. The summed E-state index contributed by atoms with van der Waals surface area (Å²) in [5, 5.41) is 3.35. The standard InChI is InChI=1S/C11H20N2OS/c1-15-7-5-11(14)13(9-2-3-9)10-4-6-12-8-10/h9-10,12H,2-8H2,1H3. The Morgan fingerprint density at radius 1 is 1.40 bits per heavy atom. The third-order valence-electron chi connectivity index (χ3n) is 3.18. The van der Waals surface area contributed by atoms with Crippen LogP contribution in [0.25, 0.3) is 0 Å². The fraction of sp³-hybridized carbons (Fsp3) is 0.909. The van der Waals surface area contributed by atoms with Crippen LogP contribution in [-0.2, 0) is 4.79 Å². The molecule has 0 aromatic rings. The molecule has 1 N–H and O–H groups in total. The summed E-state index contributed by atoms with van der Waals surface area (Å²) >= 11 is 1.76. The summed E-state index contributed by atoms with van der Waals surface area (Å²) < 4.78 is 0. The molecule has 0 radical (unpaired) electrons. The molecule has 1 unspecified atom stereocenters. The van der Waals surface area contributed by atoms with E-state index in [2.05, 4.69) is 16.5 Å². The third kappa shape index (κ3) is 2.88. The first-order valence-corrected chi connectivity index (χ1v) is 7.23. The Bertz CT molecular complexity index is 225. The molecule has 0 aromatic heterocycles. The van der Waals surface area contributed by atoms with Gasteiger partial charge in [-0.1, -0.05) is 0 Å². The monoisotopic (exact) mass is 228 g/mol. The molecule has 86 valence electrons. The highest BCUT2D eigenvalue weighted by molar-refractivity contribution is 7.98. The van der Waals surface area contributed by atoms with Crippen molar-refractivity contribution in [3.63, 3.8) is 0 Å². The highest BCUT2D eigenvalue weighted by atomic mass is 32.2. The average molecular weight is 228 g/mol. The molecule has 2 rings (SSSR count). The van der Waals surface area contributed by atoms with Gasteiger partial charge in [0.15, 0.2) is 0 Å². The fourth-order valence-electron chi connectivity index (χ4n) is 2.25. The zero-order chi connectivity index (χ0) is 10.7. The molecule has 1 amide bonds. The second-order valence-corrected chi connectivity index (χ2v) is 5.41. The van der Waals surface area contributed by atoms with E-state index in [0.29, 0.717) is 24.4 Å². The van der Waals surface area contributed by atoms with Crippen LogP contribution in [0.5, 0.6) is 0 Å². The maximum Gasteiger partial charge on any atom is 0.223 e. The summed E-state index contributed by atoms with van der Waals surface area (Å²) in [6.07, 6.45) is 6.37. The van der Waals surface area contributed by atoms with Crippen molar-refractivity contribution in [2.24, 2.45) is 0 Å². The second-order valence-electron chi connectivity index (χ2n) is 4.42. The number of rotatable bonds is 5. The Morgan fingerprint density at radius 3 is 2.73 bits per heavy atom. The van der Waals surface area contributed by atoms with Gasteiger partial charge in [0, 0.05) is 30.8 Å². The van der Waals surface area contributed by atoms with E-state index in [1.807, 2.05) is 0 Å². The van der Waals surface area contributed by atoms with Crippen molar-refractivity contribution in [2.45, 2.75) is 37.8 Å². The summed E-state index contributed by atoms with van der Waals surface area (Å²) in [4.78, 5) is 14.2. The van der Waals surface area contributed by atoms with E-state index in [1.165, 1.54) is 12.8 Å². The summed E-state index contributed by atoms with van der Waals surface area (Å²) in [6, 6.07) is 1.05. The number of nitrogens with zero attached hydrogens (tertiary/aromatic N) is 1. The highest BCUT2D eigenvalue weighted by Gasteiger charge is 2.37. The summed E-state index contributed by atoms with van der Waals surface area (Å²) in [6.45, 7) is 2.07. The van der Waals surface area contributed by atoms with Crippen LogP contribution in [0.1, 0.15) is 25.7 Å². The molecule has 1 saturated heterocycles. The molecule has 15 heavy (non-hydrogen) atoms. The number of carbonyl (C=O) groups excluding carboxylic acids is 1. The van der Waals surface area contributed by atoms with Crippen molar-refractivity contribution < 1.29 is 4.79 Å². The topological polar surface area (TPSA) is 32.3 Å². The van der Waals surface area contributed by atoms with Gasteiger partial charge in [-0.3, -0.25) is 4.79 Å². The third-order valence-corrected chi connectivity index (χ3v) is 3.79. The summed E-state index contributed by atoms with van der Waals surface area (Å²) in [5.74, 6) is 1.34. The van der Waals surface area contributed by atoms with Crippen LogP contribution in [0.3, 0.4) is 0 Å². The molecule has 1 saturated carbocycles. The van der Waals surface area contributed by atoms with Crippen LogP contribution in [0.4, 0.5) is 0 Å². The minimum Gasteiger partial charge on any atom is -0.335 e. The number of hydrogen-bond acceptors (Lipinski definition) is 3. The lowest BCUT2D eigenvalue weighted by Crippen LogP contribution is -2.43. The lowest BCUT2D eigenvalue weighted by Gasteiger charge is -2.28. The van der Waals surface area contributed by atoms with Crippen LogP contribution >= 0.6 is 11.8 Å². The zero-order valence-corrected chi connectivity index (χ0v) is 10.2. The average Bonchev–Trinajstić information content (AvgIpc) is 2.91. The van der Waals surface area contributed by atoms with Gasteiger partial charge in [0.1, 0.15) is 0 Å². The molecular weight excluding hydrogens is 208 g/mol. The van der Waals surface area contributed by atoms with Crippen LogP contribution in [0.2, 0.25) is 0 Å². The molecule has 1 heterocycles. The van der Waals surface area contributed by atoms with Gasteiger partial charge in [-0.15, -0.1) is 0 Å². The Hall–Kier alpha value is -0.220. The van der Waals surface area contributed by atoms with E-state index < -0.39 is 0 Å². The van der Waals surface area contributed by atoms with Crippen LogP contribution < -0.4 is 5.32 Å². The van der Waals surface area contributed by atoms with Gasteiger partial charge in [0.2, 0.25) is 5.91 Å². The molecule has 1 aliphatic carbocycles. The van der Waals surface area contributed by atoms with Gasteiger partial charge in [-0.05, 0) is 32.1 Å². The Labute approximate surface area is 96.0 Å².